The smallest absolute Gasteiger partial charge is 0.243 e. The van der Waals surface area contributed by atoms with Gasteiger partial charge in [-0.05, 0) is 55.3 Å². The average Bonchev–Trinajstić information content (AvgIpc) is 2.76. The Hall–Kier alpha value is -2.49. The molecule has 2 aromatic rings. The molecule has 0 saturated heterocycles. The number of benzene rings is 2. The number of nitrogens with zero attached hydrogens (tertiary/aromatic N) is 2. The van der Waals surface area contributed by atoms with Crippen molar-refractivity contribution in [1.82, 2.24) is 14.5 Å². The second-order valence-electron chi connectivity index (χ2n) is 7.33. The number of amides is 2. The van der Waals surface area contributed by atoms with E-state index in [0.717, 1.165) is 10.7 Å². The lowest BCUT2D eigenvalue weighted by molar-refractivity contribution is -0.140. The van der Waals surface area contributed by atoms with Gasteiger partial charge < -0.3 is 10.2 Å². The summed E-state index contributed by atoms with van der Waals surface area (Å²) in [7, 11) is -2.65. The Kier molecular flexibility index (Phi) is 9.18. The van der Waals surface area contributed by atoms with E-state index in [1.807, 2.05) is 6.92 Å². The molecule has 7 nitrogen and oxygen atoms in total. The minimum absolute atomic E-state index is 0.00368. The third kappa shape index (κ3) is 6.75. The predicted molar refractivity (Wildman–Crippen MR) is 121 cm³/mol. The number of halogens is 2. The van der Waals surface area contributed by atoms with Crippen LogP contribution in [0, 0.1) is 5.82 Å². The first-order valence-electron chi connectivity index (χ1n) is 10.1. The highest BCUT2D eigenvalue weighted by molar-refractivity contribution is 7.89. The molecule has 0 aliphatic carbocycles. The third-order valence-corrected chi connectivity index (χ3v) is 6.93. The van der Waals surface area contributed by atoms with E-state index in [0.29, 0.717) is 17.1 Å². The molecule has 0 saturated carbocycles. The molecular weight excluding hydrogens is 457 g/mol. The number of carbonyl (C=O) groups excluding carboxylic acids is 2. The number of sulfonamides is 1. The molecule has 0 bridgehead atoms. The van der Waals surface area contributed by atoms with Gasteiger partial charge in [0.25, 0.3) is 0 Å². The van der Waals surface area contributed by atoms with Crippen molar-refractivity contribution in [1.29, 1.82) is 0 Å². The quantitative estimate of drug-likeness (QED) is 0.562. The van der Waals surface area contributed by atoms with Gasteiger partial charge >= 0.3 is 0 Å². The summed E-state index contributed by atoms with van der Waals surface area (Å²) in [5.41, 5.74) is 0.609. The molecule has 2 amide bonds. The summed E-state index contributed by atoms with van der Waals surface area (Å²) in [5, 5.41) is 3.13. The highest BCUT2D eigenvalue weighted by Gasteiger charge is 2.30. The Bertz CT molecular complexity index is 1030. The monoisotopic (exact) mass is 483 g/mol. The van der Waals surface area contributed by atoms with Gasteiger partial charge in [0.15, 0.2) is 0 Å². The standard InChI is InChI=1S/C22H27ClFN3O4S/c1-4-13-25-22(29)16(2)27(14-17-5-9-19(24)10-6-17)21(28)15-26(3)32(30,31)20-11-7-18(23)8-12-20/h5-12,16H,4,13-15H2,1-3H3,(H,25,29)/t16-/m1/s1. The molecule has 0 heterocycles. The van der Waals surface area contributed by atoms with E-state index < -0.39 is 34.3 Å². The number of likely N-dealkylation sites (N-methyl/N-ethyl adjacent to an activating group) is 1. The Morgan fingerprint density at radius 3 is 2.25 bits per heavy atom. The lowest BCUT2D eigenvalue weighted by Gasteiger charge is -2.30. The summed E-state index contributed by atoms with van der Waals surface area (Å²) in [6.07, 6.45) is 0.729. The van der Waals surface area contributed by atoms with Gasteiger partial charge in [0, 0.05) is 25.2 Å². The minimum atomic E-state index is -3.95. The van der Waals surface area contributed by atoms with Crippen LogP contribution in [-0.4, -0.2) is 55.6 Å². The fourth-order valence-electron chi connectivity index (χ4n) is 2.92. The van der Waals surface area contributed by atoms with Gasteiger partial charge in [-0.2, -0.15) is 4.31 Å². The first-order valence-corrected chi connectivity index (χ1v) is 11.9. The van der Waals surface area contributed by atoms with E-state index in [2.05, 4.69) is 5.32 Å². The van der Waals surface area contributed by atoms with Crippen molar-refractivity contribution in [2.45, 2.75) is 37.8 Å². The SMILES string of the molecule is CCCNC(=O)[C@@H](C)N(Cc1ccc(F)cc1)C(=O)CN(C)S(=O)(=O)c1ccc(Cl)cc1. The molecule has 2 rings (SSSR count). The number of carbonyl (C=O) groups is 2. The Labute approximate surface area is 193 Å². The van der Waals surface area contributed by atoms with Crippen molar-refractivity contribution in [3.8, 4) is 0 Å². The minimum Gasteiger partial charge on any atom is -0.354 e. The van der Waals surface area contributed by atoms with Crippen LogP contribution in [0.4, 0.5) is 4.39 Å². The number of rotatable bonds is 10. The summed E-state index contributed by atoms with van der Waals surface area (Å²) in [4.78, 5) is 26.9. The molecule has 0 aliphatic heterocycles. The van der Waals surface area contributed by atoms with Gasteiger partial charge in [0.05, 0.1) is 11.4 Å². The van der Waals surface area contributed by atoms with E-state index in [1.54, 1.807) is 6.92 Å². The van der Waals surface area contributed by atoms with Crippen LogP contribution in [0.15, 0.2) is 53.4 Å². The molecule has 174 valence electrons. The average molecular weight is 484 g/mol. The molecular formula is C22H27ClFN3O4S. The van der Waals surface area contributed by atoms with E-state index in [9.17, 15) is 22.4 Å². The molecule has 0 radical (unpaired) electrons. The molecule has 2 aromatic carbocycles. The fourth-order valence-corrected chi connectivity index (χ4v) is 4.16. The van der Waals surface area contributed by atoms with Gasteiger partial charge in [0.1, 0.15) is 11.9 Å². The lowest BCUT2D eigenvalue weighted by Crippen LogP contribution is -2.50. The Morgan fingerprint density at radius 2 is 1.69 bits per heavy atom. The predicted octanol–water partition coefficient (Wildman–Crippen LogP) is 3.04. The Morgan fingerprint density at radius 1 is 1.09 bits per heavy atom. The van der Waals surface area contributed by atoms with Crippen LogP contribution in [0.3, 0.4) is 0 Å². The first-order chi connectivity index (χ1) is 15.1. The van der Waals surface area contributed by atoms with Crippen LogP contribution in [0.1, 0.15) is 25.8 Å². The van der Waals surface area contributed by atoms with Crippen LogP contribution in [0.25, 0.3) is 0 Å². The second-order valence-corrected chi connectivity index (χ2v) is 9.81. The molecule has 0 fully saturated rings. The number of hydrogen-bond donors (Lipinski definition) is 1. The molecule has 1 atom stereocenters. The van der Waals surface area contributed by atoms with E-state index >= 15 is 0 Å². The Balaban J connectivity index is 2.24. The molecule has 10 heteroatoms. The van der Waals surface area contributed by atoms with Crippen molar-refractivity contribution in [3.63, 3.8) is 0 Å². The topological polar surface area (TPSA) is 86.8 Å². The zero-order chi connectivity index (χ0) is 23.9. The zero-order valence-corrected chi connectivity index (χ0v) is 19.8. The van der Waals surface area contributed by atoms with Crippen molar-refractivity contribution in [2.75, 3.05) is 20.1 Å². The van der Waals surface area contributed by atoms with Crippen molar-refractivity contribution in [3.05, 3.63) is 64.9 Å². The third-order valence-electron chi connectivity index (χ3n) is 4.86. The van der Waals surface area contributed by atoms with Gasteiger partial charge in [-0.3, -0.25) is 9.59 Å². The number of nitrogens with one attached hydrogen (secondary N) is 1. The van der Waals surface area contributed by atoms with Crippen LogP contribution in [0.5, 0.6) is 0 Å². The summed E-state index contributed by atoms with van der Waals surface area (Å²) in [5.74, 6) is -1.34. The van der Waals surface area contributed by atoms with Gasteiger partial charge in [-0.25, -0.2) is 12.8 Å². The zero-order valence-electron chi connectivity index (χ0n) is 18.2. The van der Waals surface area contributed by atoms with Gasteiger partial charge in [0.2, 0.25) is 21.8 Å². The summed E-state index contributed by atoms with van der Waals surface area (Å²) in [6, 6.07) is 10.3. The lowest BCUT2D eigenvalue weighted by atomic mass is 10.1. The normalized spacial score (nSPS) is 12.4. The largest absolute Gasteiger partial charge is 0.354 e. The van der Waals surface area contributed by atoms with Crippen LogP contribution >= 0.6 is 11.6 Å². The highest BCUT2D eigenvalue weighted by atomic mass is 35.5. The molecule has 0 unspecified atom stereocenters. The van der Waals surface area contributed by atoms with E-state index in [1.165, 1.54) is 60.5 Å². The summed E-state index contributed by atoms with van der Waals surface area (Å²) < 4.78 is 39.9. The fraction of sp³-hybridized carbons (Fsp3) is 0.364. The highest BCUT2D eigenvalue weighted by Crippen LogP contribution is 2.18. The van der Waals surface area contributed by atoms with Gasteiger partial charge in [-0.15, -0.1) is 0 Å². The van der Waals surface area contributed by atoms with Crippen molar-refractivity contribution >= 4 is 33.4 Å². The van der Waals surface area contributed by atoms with Crippen LogP contribution < -0.4 is 5.32 Å². The molecule has 0 spiro atoms. The molecule has 1 N–H and O–H groups in total. The first kappa shape index (κ1) is 25.8. The maximum Gasteiger partial charge on any atom is 0.243 e. The summed E-state index contributed by atoms with van der Waals surface area (Å²) in [6.45, 7) is 3.47. The van der Waals surface area contributed by atoms with Crippen LogP contribution in [-0.2, 0) is 26.2 Å². The van der Waals surface area contributed by atoms with E-state index in [-0.39, 0.29) is 17.3 Å². The second kappa shape index (κ2) is 11.4. The van der Waals surface area contributed by atoms with E-state index in [4.69, 9.17) is 11.6 Å². The van der Waals surface area contributed by atoms with Crippen molar-refractivity contribution in [2.24, 2.45) is 0 Å². The molecule has 0 aromatic heterocycles. The van der Waals surface area contributed by atoms with Gasteiger partial charge in [-0.1, -0.05) is 30.7 Å². The summed E-state index contributed by atoms with van der Waals surface area (Å²) >= 11 is 5.82. The molecule has 0 aliphatic rings. The molecule has 32 heavy (non-hydrogen) atoms. The maximum absolute atomic E-state index is 13.3. The maximum atomic E-state index is 13.3. The van der Waals surface area contributed by atoms with Crippen molar-refractivity contribution < 1.29 is 22.4 Å². The van der Waals surface area contributed by atoms with Crippen LogP contribution in [0.2, 0.25) is 5.02 Å². The number of hydrogen-bond acceptors (Lipinski definition) is 4.